The van der Waals surface area contributed by atoms with Gasteiger partial charge < -0.3 is 23.7 Å². The van der Waals surface area contributed by atoms with Gasteiger partial charge in [-0.25, -0.2) is 9.59 Å². The van der Waals surface area contributed by atoms with Gasteiger partial charge in [-0.3, -0.25) is 14.3 Å². The number of aromatic amines is 1. The number of aliphatic hydroxyl groups is 1. The predicted molar refractivity (Wildman–Crippen MR) is 115 cm³/mol. The van der Waals surface area contributed by atoms with Crippen LogP contribution < -0.4 is 11.2 Å². The molecule has 10 nitrogen and oxygen atoms in total. The molecule has 1 fully saturated rings. The molecule has 0 radical (unpaired) electrons. The van der Waals surface area contributed by atoms with Gasteiger partial charge in [-0.05, 0) is 38.9 Å². The van der Waals surface area contributed by atoms with Gasteiger partial charge in [0.05, 0.1) is 6.61 Å². The summed E-state index contributed by atoms with van der Waals surface area (Å²) < 4.78 is 23.6. The van der Waals surface area contributed by atoms with E-state index in [0.717, 1.165) is 10.6 Å². The molecule has 0 amide bonds. The Balaban J connectivity index is 2.29. The van der Waals surface area contributed by atoms with Crippen LogP contribution >= 0.6 is 0 Å². The number of carbonyl (C=O) groups excluding carboxylic acids is 1. The summed E-state index contributed by atoms with van der Waals surface area (Å²) in [7, 11) is -2.15. The van der Waals surface area contributed by atoms with Gasteiger partial charge in [0.15, 0.2) is 20.6 Å². The Bertz CT molecular complexity index is 896. The van der Waals surface area contributed by atoms with Crippen molar-refractivity contribution in [3.8, 4) is 0 Å². The fourth-order valence-corrected chi connectivity index (χ4v) is 3.74. The molecule has 0 saturated carbocycles. The second-order valence-electron chi connectivity index (χ2n) is 10.2. The normalized spacial score (nSPS) is 24.8. The zero-order valence-corrected chi connectivity index (χ0v) is 20.4. The summed E-state index contributed by atoms with van der Waals surface area (Å²) in [5.41, 5.74) is -2.15. The molecule has 11 heteroatoms. The average molecular weight is 459 g/mol. The number of nitrogens with one attached hydrogen (secondary N) is 1. The Morgan fingerprint density at radius 2 is 1.84 bits per heavy atom. The van der Waals surface area contributed by atoms with Crippen LogP contribution in [0.3, 0.4) is 0 Å². The largest absolute Gasteiger partial charge is 0.509 e. The molecule has 2 heterocycles. The highest BCUT2D eigenvalue weighted by atomic mass is 28.4. The molecular formula is C20H34N2O8Si. The van der Waals surface area contributed by atoms with E-state index in [-0.39, 0.29) is 11.6 Å². The summed E-state index contributed by atoms with van der Waals surface area (Å²) in [5, 5.41) is 10.8. The second kappa shape index (κ2) is 8.89. The van der Waals surface area contributed by atoms with Crippen LogP contribution in [0.5, 0.6) is 0 Å². The number of rotatable bonds is 5. The Kier molecular flexibility index (Phi) is 7.26. The zero-order chi connectivity index (χ0) is 23.8. The van der Waals surface area contributed by atoms with E-state index in [4.69, 9.17) is 18.6 Å². The number of hydrogen-bond acceptors (Lipinski definition) is 8. The Morgan fingerprint density at radius 3 is 2.35 bits per heavy atom. The van der Waals surface area contributed by atoms with E-state index in [1.165, 1.54) is 6.20 Å². The minimum atomic E-state index is -2.15. The third-order valence-electron chi connectivity index (χ3n) is 5.47. The highest BCUT2D eigenvalue weighted by Gasteiger charge is 2.49. The third kappa shape index (κ3) is 6.28. The van der Waals surface area contributed by atoms with Crippen molar-refractivity contribution in [2.24, 2.45) is 0 Å². The van der Waals surface area contributed by atoms with Gasteiger partial charge in [0.25, 0.3) is 5.56 Å². The predicted octanol–water partition coefficient (Wildman–Crippen LogP) is 2.14. The molecule has 1 aromatic rings. The molecule has 1 aliphatic heterocycles. The van der Waals surface area contributed by atoms with Crippen LogP contribution in [0.1, 0.15) is 47.8 Å². The minimum absolute atomic E-state index is 0.0560. The first-order chi connectivity index (χ1) is 14.0. The van der Waals surface area contributed by atoms with E-state index < -0.39 is 55.9 Å². The average Bonchev–Trinajstić information content (AvgIpc) is 2.86. The first-order valence-electron chi connectivity index (χ1n) is 10.2. The molecule has 0 aromatic carbocycles. The molecule has 0 aliphatic carbocycles. The van der Waals surface area contributed by atoms with Crippen molar-refractivity contribution in [3.63, 3.8) is 0 Å². The lowest BCUT2D eigenvalue weighted by Gasteiger charge is -2.37. The summed E-state index contributed by atoms with van der Waals surface area (Å²) in [6.45, 7) is 15.5. The van der Waals surface area contributed by atoms with E-state index in [2.05, 4.69) is 38.8 Å². The topological polar surface area (TPSA) is 129 Å². The lowest BCUT2D eigenvalue weighted by atomic mass is 10.1. The maximum Gasteiger partial charge on any atom is 0.509 e. The second-order valence-corrected chi connectivity index (χ2v) is 15.0. The Hall–Kier alpha value is -1.95. The third-order valence-corrected chi connectivity index (χ3v) is 9.98. The molecule has 2 rings (SSSR count). The van der Waals surface area contributed by atoms with Crippen LogP contribution in [0.2, 0.25) is 18.1 Å². The standard InChI is InChI=1S/C20H34N2O8Si/c1-19(2,3)30-18(26)29-15-14(24)12(11-27-31(7,8)20(4,5)6)28-16(15)22-10-9-13(23)21-17(22)25/h9-10,12,14-16,24H,11H2,1-8H3,(H,21,23,25). The quantitative estimate of drug-likeness (QED) is 0.507. The van der Waals surface area contributed by atoms with Gasteiger partial charge in [-0.15, -0.1) is 0 Å². The van der Waals surface area contributed by atoms with E-state index in [0.29, 0.717) is 0 Å². The molecule has 0 bridgehead atoms. The summed E-state index contributed by atoms with van der Waals surface area (Å²) in [6.07, 6.45) is -4.33. The number of H-pyrrole nitrogens is 1. The number of aromatic nitrogens is 2. The first-order valence-corrected chi connectivity index (χ1v) is 13.1. The summed E-state index contributed by atoms with van der Waals surface area (Å²) in [6, 6.07) is 1.14. The van der Waals surface area contributed by atoms with Gasteiger partial charge in [0, 0.05) is 12.3 Å². The Labute approximate surface area is 182 Å². The molecular weight excluding hydrogens is 424 g/mol. The fourth-order valence-electron chi connectivity index (χ4n) is 2.73. The summed E-state index contributed by atoms with van der Waals surface area (Å²) in [5.74, 6) is 0. The van der Waals surface area contributed by atoms with Crippen molar-refractivity contribution < 1.29 is 28.5 Å². The molecule has 1 saturated heterocycles. The molecule has 1 aliphatic rings. The van der Waals surface area contributed by atoms with Crippen LogP contribution in [-0.2, 0) is 18.6 Å². The molecule has 4 atom stereocenters. The highest BCUT2D eigenvalue weighted by molar-refractivity contribution is 6.74. The van der Waals surface area contributed by atoms with E-state index >= 15 is 0 Å². The van der Waals surface area contributed by atoms with Gasteiger partial charge in [-0.2, -0.15) is 0 Å². The number of ether oxygens (including phenoxy) is 3. The smallest absolute Gasteiger partial charge is 0.429 e. The highest BCUT2D eigenvalue weighted by Crippen LogP contribution is 2.38. The fraction of sp³-hybridized carbons (Fsp3) is 0.750. The number of nitrogens with zero attached hydrogens (tertiary/aromatic N) is 1. The monoisotopic (exact) mass is 458 g/mol. The molecule has 4 unspecified atom stereocenters. The molecule has 31 heavy (non-hydrogen) atoms. The maximum atomic E-state index is 12.3. The number of hydrogen-bond donors (Lipinski definition) is 2. The van der Waals surface area contributed by atoms with Gasteiger partial charge >= 0.3 is 11.8 Å². The van der Waals surface area contributed by atoms with Crippen molar-refractivity contribution in [2.45, 2.75) is 89.8 Å². The number of carbonyl (C=O) groups is 1. The van der Waals surface area contributed by atoms with Crippen LogP contribution in [-0.4, -0.2) is 59.7 Å². The zero-order valence-electron chi connectivity index (χ0n) is 19.4. The van der Waals surface area contributed by atoms with Crippen molar-refractivity contribution in [1.82, 2.24) is 9.55 Å². The maximum absolute atomic E-state index is 12.3. The van der Waals surface area contributed by atoms with Gasteiger partial charge in [0.1, 0.15) is 17.8 Å². The first kappa shape index (κ1) is 25.3. The lowest BCUT2D eigenvalue weighted by molar-refractivity contribution is -0.0798. The van der Waals surface area contributed by atoms with Gasteiger partial charge in [0.2, 0.25) is 0 Å². The molecule has 2 N–H and O–H groups in total. The van der Waals surface area contributed by atoms with Gasteiger partial charge in [-0.1, -0.05) is 20.8 Å². The van der Waals surface area contributed by atoms with Crippen LogP contribution in [0.15, 0.2) is 21.9 Å². The van der Waals surface area contributed by atoms with Crippen molar-refractivity contribution in [1.29, 1.82) is 0 Å². The van der Waals surface area contributed by atoms with E-state index in [1.54, 1.807) is 20.8 Å². The Morgan fingerprint density at radius 1 is 1.23 bits per heavy atom. The van der Waals surface area contributed by atoms with Crippen LogP contribution in [0.4, 0.5) is 4.79 Å². The van der Waals surface area contributed by atoms with E-state index in [1.807, 2.05) is 0 Å². The number of aliphatic hydroxyl groups excluding tert-OH is 1. The minimum Gasteiger partial charge on any atom is -0.429 e. The molecule has 1 aromatic heterocycles. The molecule has 176 valence electrons. The van der Waals surface area contributed by atoms with Crippen molar-refractivity contribution >= 4 is 14.5 Å². The van der Waals surface area contributed by atoms with E-state index in [9.17, 15) is 19.5 Å². The lowest BCUT2D eigenvalue weighted by Crippen LogP contribution is -2.45. The van der Waals surface area contributed by atoms with Crippen molar-refractivity contribution in [2.75, 3.05) is 6.61 Å². The van der Waals surface area contributed by atoms with Crippen molar-refractivity contribution in [3.05, 3.63) is 33.1 Å². The van der Waals surface area contributed by atoms with Crippen LogP contribution in [0, 0.1) is 0 Å². The molecule has 0 spiro atoms. The summed E-state index contributed by atoms with van der Waals surface area (Å²) in [4.78, 5) is 38.1. The van der Waals surface area contributed by atoms with Crippen LogP contribution in [0.25, 0.3) is 0 Å². The summed E-state index contributed by atoms with van der Waals surface area (Å²) >= 11 is 0. The SMILES string of the molecule is CC(C)(C)OC(=O)OC1C(O)C(CO[Si](C)(C)C(C)(C)C)OC1n1ccc(=O)[nH]c1=O.